The summed E-state index contributed by atoms with van der Waals surface area (Å²) < 4.78 is 33.2. The third kappa shape index (κ3) is 7.38. The van der Waals surface area contributed by atoms with Crippen LogP contribution in [-0.2, 0) is 16.4 Å². The second-order valence-electron chi connectivity index (χ2n) is 9.13. The highest BCUT2D eigenvalue weighted by atomic mass is 32.2. The van der Waals surface area contributed by atoms with E-state index in [2.05, 4.69) is 17.6 Å². The minimum atomic E-state index is -3.52. The van der Waals surface area contributed by atoms with Crippen LogP contribution in [-0.4, -0.2) is 43.4 Å². The zero-order chi connectivity index (χ0) is 26.3. The first-order chi connectivity index (χ1) is 17.8. The summed E-state index contributed by atoms with van der Waals surface area (Å²) >= 11 is 5.29. The molecular formula is C28H31N3O4S2. The normalized spacial score (nSPS) is 14.6. The first kappa shape index (κ1) is 26.8. The van der Waals surface area contributed by atoms with Gasteiger partial charge in [0.1, 0.15) is 5.75 Å². The average Bonchev–Trinajstić information content (AvgIpc) is 2.90. The number of carbonyl (C=O) groups excluding carboxylic acids is 1. The number of benzene rings is 3. The van der Waals surface area contributed by atoms with Crippen molar-refractivity contribution in [1.82, 2.24) is 9.62 Å². The van der Waals surface area contributed by atoms with Gasteiger partial charge in [-0.2, -0.15) is 4.31 Å². The summed E-state index contributed by atoms with van der Waals surface area (Å²) in [5.41, 5.74) is 2.17. The van der Waals surface area contributed by atoms with E-state index in [-0.39, 0.29) is 15.9 Å². The van der Waals surface area contributed by atoms with Crippen LogP contribution in [0, 0.1) is 5.92 Å². The van der Waals surface area contributed by atoms with Crippen molar-refractivity contribution in [1.29, 1.82) is 0 Å². The summed E-state index contributed by atoms with van der Waals surface area (Å²) in [6, 6.07) is 23.3. The first-order valence-electron chi connectivity index (χ1n) is 12.3. The minimum absolute atomic E-state index is 0.112. The van der Waals surface area contributed by atoms with E-state index < -0.39 is 10.0 Å². The van der Waals surface area contributed by atoms with Gasteiger partial charge in [-0.05, 0) is 79.0 Å². The Morgan fingerprint density at radius 1 is 1.00 bits per heavy atom. The molecule has 0 radical (unpaired) electrons. The highest BCUT2D eigenvalue weighted by Crippen LogP contribution is 2.24. The molecule has 0 spiro atoms. The number of hydrogen-bond donors (Lipinski definition) is 2. The summed E-state index contributed by atoms with van der Waals surface area (Å²) in [5.74, 6) is 0.774. The molecular weight excluding hydrogens is 506 g/mol. The number of thiocarbonyl (C=S) groups is 1. The van der Waals surface area contributed by atoms with Crippen LogP contribution in [0.2, 0.25) is 0 Å². The van der Waals surface area contributed by atoms with Gasteiger partial charge in [-0.1, -0.05) is 43.3 Å². The van der Waals surface area contributed by atoms with E-state index in [0.29, 0.717) is 42.6 Å². The Morgan fingerprint density at radius 2 is 1.70 bits per heavy atom. The predicted octanol–water partition coefficient (Wildman–Crippen LogP) is 4.86. The Labute approximate surface area is 223 Å². The van der Waals surface area contributed by atoms with Crippen LogP contribution in [0.1, 0.15) is 35.7 Å². The van der Waals surface area contributed by atoms with Crippen LogP contribution >= 0.6 is 12.2 Å². The third-order valence-corrected chi connectivity index (χ3v) is 8.44. The van der Waals surface area contributed by atoms with Crippen molar-refractivity contribution in [2.24, 2.45) is 5.92 Å². The molecule has 1 aliphatic rings. The Balaban J connectivity index is 1.29. The third-order valence-electron chi connectivity index (χ3n) is 6.32. The zero-order valence-corrected chi connectivity index (χ0v) is 22.4. The van der Waals surface area contributed by atoms with E-state index in [4.69, 9.17) is 17.0 Å². The van der Waals surface area contributed by atoms with Crippen LogP contribution in [0.5, 0.6) is 5.75 Å². The van der Waals surface area contributed by atoms with Crippen molar-refractivity contribution < 1.29 is 17.9 Å². The van der Waals surface area contributed by atoms with Gasteiger partial charge in [-0.3, -0.25) is 10.1 Å². The number of anilines is 1. The van der Waals surface area contributed by atoms with Gasteiger partial charge in [-0.15, -0.1) is 0 Å². The van der Waals surface area contributed by atoms with Gasteiger partial charge >= 0.3 is 0 Å². The topological polar surface area (TPSA) is 87.7 Å². The fraction of sp³-hybridized carbons (Fsp3) is 0.286. The Morgan fingerprint density at radius 3 is 2.41 bits per heavy atom. The SMILES string of the molecule is CC1CCN(S(=O)(=O)c2ccc(NC(=S)NC(=O)c3cccc(OCCc4ccccc4)c3)cc2)CC1. The monoisotopic (exact) mass is 537 g/mol. The standard InChI is InChI=1S/C28H31N3O4S2/c1-21-14-17-31(18-15-21)37(33,34)26-12-10-24(11-13-26)29-28(36)30-27(32)23-8-5-9-25(20-23)35-19-16-22-6-3-2-4-7-22/h2-13,20-21H,14-19H2,1H3,(H2,29,30,32,36). The smallest absolute Gasteiger partial charge is 0.257 e. The summed E-state index contributed by atoms with van der Waals surface area (Å²) in [6.45, 7) is 3.72. The maximum Gasteiger partial charge on any atom is 0.257 e. The van der Waals surface area contributed by atoms with Gasteiger partial charge in [0, 0.05) is 30.8 Å². The van der Waals surface area contributed by atoms with E-state index in [9.17, 15) is 13.2 Å². The fourth-order valence-electron chi connectivity index (χ4n) is 4.08. The molecule has 0 saturated carbocycles. The molecule has 3 aromatic carbocycles. The van der Waals surface area contributed by atoms with Crippen molar-refractivity contribution in [2.45, 2.75) is 31.1 Å². The maximum absolute atomic E-state index is 12.9. The second-order valence-corrected chi connectivity index (χ2v) is 11.5. The lowest BCUT2D eigenvalue weighted by Gasteiger charge is -2.29. The van der Waals surface area contributed by atoms with Gasteiger partial charge in [0.25, 0.3) is 5.91 Å². The van der Waals surface area contributed by atoms with Crippen LogP contribution < -0.4 is 15.4 Å². The first-order valence-corrected chi connectivity index (χ1v) is 14.2. The van der Waals surface area contributed by atoms with Crippen LogP contribution in [0.3, 0.4) is 0 Å². The molecule has 194 valence electrons. The highest BCUT2D eigenvalue weighted by Gasteiger charge is 2.27. The minimum Gasteiger partial charge on any atom is -0.493 e. The Bertz CT molecular complexity index is 1320. The largest absolute Gasteiger partial charge is 0.493 e. The van der Waals surface area contributed by atoms with Crippen molar-refractivity contribution in [3.63, 3.8) is 0 Å². The van der Waals surface area contributed by atoms with Gasteiger partial charge < -0.3 is 10.1 Å². The molecule has 1 aliphatic heterocycles. The van der Waals surface area contributed by atoms with Crippen molar-refractivity contribution in [3.8, 4) is 5.75 Å². The molecule has 1 fully saturated rings. The van der Waals surface area contributed by atoms with Gasteiger partial charge in [-0.25, -0.2) is 8.42 Å². The molecule has 37 heavy (non-hydrogen) atoms. The number of nitrogens with zero attached hydrogens (tertiary/aromatic N) is 1. The summed E-state index contributed by atoms with van der Waals surface area (Å²) in [4.78, 5) is 12.9. The maximum atomic E-state index is 12.9. The lowest BCUT2D eigenvalue weighted by Crippen LogP contribution is -2.37. The van der Waals surface area contributed by atoms with Gasteiger partial charge in [0.05, 0.1) is 11.5 Å². The van der Waals surface area contributed by atoms with Crippen molar-refractivity contribution >= 4 is 38.9 Å². The van der Waals surface area contributed by atoms with Gasteiger partial charge in [0.15, 0.2) is 5.11 Å². The van der Waals surface area contributed by atoms with Crippen LogP contribution in [0.4, 0.5) is 5.69 Å². The molecule has 2 N–H and O–H groups in total. The van der Waals surface area contributed by atoms with Gasteiger partial charge in [0.2, 0.25) is 10.0 Å². The molecule has 0 bridgehead atoms. The highest BCUT2D eigenvalue weighted by molar-refractivity contribution is 7.89. The van der Waals surface area contributed by atoms with Crippen molar-refractivity contribution in [3.05, 3.63) is 90.0 Å². The molecule has 9 heteroatoms. The molecule has 4 rings (SSSR count). The second kappa shape index (κ2) is 12.3. The molecule has 1 amide bonds. The molecule has 0 aromatic heterocycles. The number of rotatable bonds is 8. The van der Waals surface area contributed by atoms with Crippen LogP contribution in [0.25, 0.3) is 0 Å². The summed E-state index contributed by atoms with van der Waals surface area (Å²) in [7, 11) is -3.52. The zero-order valence-electron chi connectivity index (χ0n) is 20.7. The Kier molecular flexibility index (Phi) is 8.91. The number of nitrogens with one attached hydrogen (secondary N) is 2. The number of carbonyl (C=O) groups is 1. The lowest BCUT2D eigenvalue weighted by molar-refractivity contribution is 0.0977. The number of hydrogen-bond acceptors (Lipinski definition) is 5. The number of amides is 1. The van der Waals surface area contributed by atoms with E-state index in [1.54, 1.807) is 52.8 Å². The summed E-state index contributed by atoms with van der Waals surface area (Å²) in [5, 5.41) is 5.70. The molecule has 0 unspecified atom stereocenters. The molecule has 3 aromatic rings. The predicted molar refractivity (Wildman–Crippen MR) is 149 cm³/mol. The molecule has 0 aliphatic carbocycles. The van der Waals surface area contributed by atoms with E-state index in [0.717, 1.165) is 19.3 Å². The quantitative estimate of drug-likeness (QED) is 0.399. The molecule has 7 nitrogen and oxygen atoms in total. The van der Waals surface area contributed by atoms with E-state index in [1.807, 2.05) is 30.3 Å². The lowest BCUT2D eigenvalue weighted by atomic mass is 10.0. The van der Waals surface area contributed by atoms with Crippen molar-refractivity contribution in [2.75, 3.05) is 25.0 Å². The summed E-state index contributed by atoms with van der Waals surface area (Å²) in [6.07, 6.45) is 2.51. The van der Waals surface area contributed by atoms with E-state index in [1.165, 1.54) is 5.56 Å². The number of ether oxygens (including phenoxy) is 1. The van der Waals surface area contributed by atoms with E-state index >= 15 is 0 Å². The number of sulfonamides is 1. The molecule has 1 heterocycles. The number of piperidine rings is 1. The van der Waals surface area contributed by atoms with Crippen LogP contribution in [0.15, 0.2) is 83.8 Å². The molecule has 1 saturated heterocycles. The average molecular weight is 538 g/mol. The Hall–Kier alpha value is -3.27. The molecule has 0 atom stereocenters. The fourth-order valence-corrected chi connectivity index (χ4v) is 5.76.